The van der Waals surface area contributed by atoms with Crippen LogP contribution in [0.1, 0.15) is 17.8 Å². The van der Waals surface area contributed by atoms with Crippen molar-refractivity contribution in [3.05, 3.63) is 22.5 Å². The summed E-state index contributed by atoms with van der Waals surface area (Å²) in [6.45, 7) is 4.36. The van der Waals surface area contributed by atoms with Gasteiger partial charge in [0.25, 0.3) is 0 Å². The minimum atomic E-state index is -3.42. The quantitative estimate of drug-likeness (QED) is 0.862. The zero-order valence-electron chi connectivity index (χ0n) is 12.3. The third kappa shape index (κ3) is 3.75. The van der Waals surface area contributed by atoms with Crippen molar-refractivity contribution in [1.82, 2.24) is 15.0 Å². The Morgan fingerprint density at radius 2 is 2.32 bits per heavy atom. The van der Waals surface area contributed by atoms with Crippen molar-refractivity contribution >= 4 is 32.7 Å². The molecule has 0 spiro atoms. The van der Waals surface area contributed by atoms with E-state index in [0.29, 0.717) is 16.7 Å². The van der Waals surface area contributed by atoms with E-state index in [4.69, 9.17) is 0 Å². The lowest BCUT2D eigenvalue weighted by atomic mass is 10.0. The van der Waals surface area contributed by atoms with Gasteiger partial charge in [0.2, 0.25) is 10.0 Å². The fourth-order valence-electron chi connectivity index (χ4n) is 2.48. The number of sulfonamides is 1. The summed E-state index contributed by atoms with van der Waals surface area (Å²) in [5.41, 5.74) is 0.852. The molecule has 1 atom stereocenters. The zero-order valence-corrected chi connectivity index (χ0v) is 14.8. The van der Waals surface area contributed by atoms with Gasteiger partial charge in [-0.2, -0.15) is 0 Å². The van der Waals surface area contributed by atoms with Crippen LogP contribution in [0.5, 0.6) is 0 Å². The Kier molecular flexibility index (Phi) is 4.94. The summed E-state index contributed by atoms with van der Waals surface area (Å²) in [6, 6.07) is 3.49. The van der Waals surface area contributed by atoms with Crippen molar-refractivity contribution < 1.29 is 8.42 Å². The number of thiazole rings is 1. The molecule has 0 amide bonds. The molecule has 8 heteroatoms. The Balaban J connectivity index is 1.68. The standard InChI is InChI=1S/C14H19N3O2S3/c1-10-17-12(9-20-10)13-4-5-14(21-13)22(18,19)16-8-11-3-2-6-15-7-11/h4-5,9,11,15-16H,2-3,6-8H2,1H3. The van der Waals surface area contributed by atoms with Crippen LogP contribution in [-0.2, 0) is 10.0 Å². The van der Waals surface area contributed by atoms with E-state index >= 15 is 0 Å². The smallest absolute Gasteiger partial charge is 0.250 e. The number of nitrogens with zero attached hydrogens (tertiary/aromatic N) is 1. The third-order valence-electron chi connectivity index (χ3n) is 3.68. The fraction of sp³-hybridized carbons (Fsp3) is 0.500. The van der Waals surface area contributed by atoms with Gasteiger partial charge in [-0.3, -0.25) is 0 Å². The average molecular weight is 358 g/mol. The number of aromatic nitrogens is 1. The van der Waals surface area contributed by atoms with E-state index in [-0.39, 0.29) is 0 Å². The first-order chi connectivity index (χ1) is 10.5. The summed E-state index contributed by atoms with van der Waals surface area (Å²) in [5.74, 6) is 0.379. The van der Waals surface area contributed by atoms with Crippen molar-refractivity contribution in [1.29, 1.82) is 0 Å². The Morgan fingerprint density at radius 1 is 1.45 bits per heavy atom. The molecule has 0 bridgehead atoms. The lowest BCUT2D eigenvalue weighted by molar-refractivity contribution is 0.376. The highest BCUT2D eigenvalue weighted by Crippen LogP contribution is 2.31. The maximum absolute atomic E-state index is 12.4. The molecule has 2 N–H and O–H groups in total. The van der Waals surface area contributed by atoms with E-state index in [0.717, 1.165) is 41.5 Å². The van der Waals surface area contributed by atoms with Crippen LogP contribution in [0, 0.1) is 12.8 Å². The lowest BCUT2D eigenvalue weighted by Gasteiger charge is -2.22. The Labute approximate surface area is 138 Å². The predicted octanol–water partition coefficient (Wildman–Crippen LogP) is 2.46. The molecule has 0 aliphatic carbocycles. The van der Waals surface area contributed by atoms with Gasteiger partial charge in [-0.15, -0.1) is 22.7 Å². The molecule has 0 saturated carbocycles. The minimum Gasteiger partial charge on any atom is -0.316 e. The van der Waals surface area contributed by atoms with E-state index in [9.17, 15) is 8.42 Å². The van der Waals surface area contributed by atoms with Gasteiger partial charge in [0, 0.05) is 11.9 Å². The summed E-state index contributed by atoms with van der Waals surface area (Å²) in [6.07, 6.45) is 2.18. The van der Waals surface area contributed by atoms with Gasteiger partial charge in [0.15, 0.2) is 0 Å². The second kappa shape index (κ2) is 6.76. The monoisotopic (exact) mass is 357 g/mol. The predicted molar refractivity (Wildman–Crippen MR) is 90.9 cm³/mol. The van der Waals surface area contributed by atoms with Crippen molar-refractivity contribution in [3.63, 3.8) is 0 Å². The number of hydrogen-bond donors (Lipinski definition) is 2. The van der Waals surface area contributed by atoms with Crippen molar-refractivity contribution in [2.24, 2.45) is 5.92 Å². The SMILES string of the molecule is Cc1nc(-c2ccc(S(=O)(=O)NCC3CCCNC3)s2)cs1. The molecule has 3 heterocycles. The van der Waals surface area contributed by atoms with Gasteiger partial charge in [-0.1, -0.05) is 0 Å². The molecule has 1 unspecified atom stereocenters. The van der Waals surface area contributed by atoms with E-state index in [1.54, 1.807) is 17.4 Å². The maximum Gasteiger partial charge on any atom is 0.250 e. The van der Waals surface area contributed by atoms with E-state index < -0.39 is 10.0 Å². The van der Waals surface area contributed by atoms with Crippen LogP contribution in [0.3, 0.4) is 0 Å². The molecule has 0 aromatic carbocycles. The van der Waals surface area contributed by atoms with Crippen LogP contribution >= 0.6 is 22.7 Å². The van der Waals surface area contributed by atoms with Gasteiger partial charge in [-0.05, 0) is 50.9 Å². The molecule has 1 aliphatic rings. The maximum atomic E-state index is 12.4. The van der Waals surface area contributed by atoms with Gasteiger partial charge in [0.1, 0.15) is 4.21 Å². The van der Waals surface area contributed by atoms with E-state index in [2.05, 4.69) is 15.0 Å². The normalized spacial score (nSPS) is 19.4. The number of nitrogens with one attached hydrogen (secondary N) is 2. The van der Waals surface area contributed by atoms with Gasteiger partial charge in [-0.25, -0.2) is 18.1 Å². The number of piperidine rings is 1. The van der Waals surface area contributed by atoms with Crippen LogP contribution in [0.4, 0.5) is 0 Å². The molecule has 3 rings (SSSR count). The Hall–Kier alpha value is -0.800. The summed E-state index contributed by atoms with van der Waals surface area (Å²) >= 11 is 2.84. The first kappa shape index (κ1) is 16.1. The lowest BCUT2D eigenvalue weighted by Crippen LogP contribution is -2.37. The minimum absolute atomic E-state index is 0.358. The Morgan fingerprint density at radius 3 is 3.00 bits per heavy atom. The molecule has 120 valence electrons. The third-order valence-corrected chi connectivity index (χ3v) is 7.48. The highest BCUT2D eigenvalue weighted by molar-refractivity contribution is 7.91. The zero-order chi connectivity index (χ0) is 15.6. The summed E-state index contributed by atoms with van der Waals surface area (Å²) < 4.78 is 27.9. The largest absolute Gasteiger partial charge is 0.316 e. The molecule has 22 heavy (non-hydrogen) atoms. The van der Waals surface area contributed by atoms with Crippen molar-refractivity contribution in [2.45, 2.75) is 24.0 Å². The van der Waals surface area contributed by atoms with Crippen LogP contribution in [0.2, 0.25) is 0 Å². The molecule has 1 aliphatic heterocycles. The second-order valence-corrected chi connectivity index (χ2v) is 9.57. The first-order valence-electron chi connectivity index (χ1n) is 7.27. The van der Waals surface area contributed by atoms with Gasteiger partial charge < -0.3 is 5.32 Å². The topological polar surface area (TPSA) is 71.1 Å². The number of rotatable bonds is 5. The molecule has 2 aromatic rings. The molecule has 1 fully saturated rings. The highest BCUT2D eigenvalue weighted by Gasteiger charge is 2.21. The molecule has 1 saturated heterocycles. The summed E-state index contributed by atoms with van der Waals surface area (Å²) in [5, 5.41) is 6.24. The van der Waals surface area contributed by atoms with Crippen LogP contribution in [0.25, 0.3) is 10.6 Å². The number of thiophene rings is 1. The van der Waals surface area contributed by atoms with Crippen molar-refractivity contribution in [3.8, 4) is 10.6 Å². The van der Waals surface area contributed by atoms with E-state index in [1.165, 1.54) is 11.3 Å². The Bertz CT molecular complexity index is 730. The van der Waals surface area contributed by atoms with E-state index in [1.807, 2.05) is 18.4 Å². The number of aryl methyl sites for hydroxylation is 1. The molecule has 0 radical (unpaired) electrons. The first-order valence-corrected chi connectivity index (χ1v) is 10.5. The summed E-state index contributed by atoms with van der Waals surface area (Å²) in [4.78, 5) is 5.29. The molecule has 5 nitrogen and oxygen atoms in total. The summed E-state index contributed by atoms with van der Waals surface area (Å²) in [7, 11) is -3.42. The molecular weight excluding hydrogens is 338 g/mol. The molecule has 2 aromatic heterocycles. The van der Waals surface area contributed by atoms with Crippen LogP contribution in [0.15, 0.2) is 21.7 Å². The number of hydrogen-bond acceptors (Lipinski definition) is 6. The fourth-order valence-corrected chi connectivity index (χ4v) is 5.59. The van der Waals surface area contributed by atoms with Crippen LogP contribution < -0.4 is 10.0 Å². The van der Waals surface area contributed by atoms with Crippen LogP contribution in [-0.4, -0.2) is 33.0 Å². The second-order valence-electron chi connectivity index (χ2n) is 5.43. The molecular formula is C14H19N3O2S3. The van der Waals surface area contributed by atoms with Gasteiger partial charge >= 0.3 is 0 Å². The van der Waals surface area contributed by atoms with Gasteiger partial charge in [0.05, 0.1) is 15.6 Å². The van der Waals surface area contributed by atoms with Crippen molar-refractivity contribution in [2.75, 3.05) is 19.6 Å². The average Bonchev–Trinajstić information content (AvgIpc) is 3.15. The highest BCUT2D eigenvalue weighted by atomic mass is 32.2.